The van der Waals surface area contributed by atoms with Crippen LogP contribution in [0.5, 0.6) is 0 Å². The number of urea groups is 1. The number of rotatable bonds is 4. The Labute approximate surface area is 225 Å². The van der Waals surface area contributed by atoms with Crippen LogP contribution in [-0.4, -0.2) is 82.0 Å². The maximum Gasteiger partial charge on any atom is 0.321 e. The minimum Gasteiger partial charge on any atom is -0.383 e. The fourth-order valence-corrected chi connectivity index (χ4v) is 6.69. The van der Waals surface area contributed by atoms with Crippen LogP contribution in [0.3, 0.4) is 0 Å². The molecule has 2 aliphatic heterocycles. The van der Waals surface area contributed by atoms with E-state index in [0.717, 1.165) is 37.4 Å². The standard InChI is InChI=1S/C25H31Cl2N5O3S/c26-20-2-1-18(15-21(20)27)29-24(34)31-12-10-30(11-13-31)22(33)17-5-9-32(16-17)19-3-6-25(35,7-4-19)23-28-8-14-36-23/h1-2,8,14-15,17,19,35H,3-7,9-13,16H2,(H,29,34)/t17?,19-,25+. The first kappa shape index (κ1) is 25.7. The van der Waals surface area contributed by atoms with Crippen molar-refractivity contribution in [3.8, 4) is 0 Å². The Kier molecular flexibility index (Phi) is 7.74. The molecule has 36 heavy (non-hydrogen) atoms. The Balaban J connectivity index is 1.07. The summed E-state index contributed by atoms with van der Waals surface area (Å²) >= 11 is 13.5. The second-order valence-electron chi connectivity index (χ2n) is 9.95. The lowest BCUT2D eigenvalue weighted by Gasteiger charge is -2.39. The first-order valence-corrected chi connectivity index (χ1v) is 14.1. The molecular weight excluding hydrogens is 521 g/mol. The summed E-state index contributed by atoms with van der Waals surface area (Å²) in [6.45, 7) is 3.75. The molecule has 1 saturated carbocycles. The molecule has 0 radical (unpaired) electrons. The van der Waals surface area contributed by atoms with Gasteiger partial charge in [0.2, 0.25) is 5.91 Å². The van der Waals surface area contributed by atoms with Gasteiger partial charge in [0, 0.05) is 56.0 Å². The number of nitrogens with zero attached hydrogens (tertiary/aromatic N) is 4. The molecule has 11 heteroatoms. The van der Waals surface area contributed by atoms with Crippen molar-refractivity contribution < 1.29 is 14.7 Å². The fraction of sp³-hybridized carbons (Fsp3) is 0.560. The van der Waals surface area contributed by atoms with Gasteiger partial charge in [-0.1, -0.05) is 23.2 Å². The van der Waals surface area contributed by atoms with Crippen LogP contribution in [0, 0.1) is 5.92 Å². The SMILES string of the molecule is O=C(Nc1ccc(Cl)c(Cl)c1)N1CCN(C(=O)C2CCN([C@H]3CC[C@](O)(c4nccs4)CC3)C2)CC1. The molecule has 5 rings (SSSR count). The van der Waals surface area contributed by atoms with E-state index in [-0.39, 0.29) is 17.9 Å². The first-order valence-electron chi connectivity index (χ1n) is 12.5. The van der Waals surface area contributed by atoms with E-state index in [0.29, 0.717) is 60.8 Å². The van der Waals surface area contributed by atoms with Crippen molar-refractivity contribution in [1.82, 2.24) is 19.7 Å². The van der Waals surface area contributed by atoms with E-state index in [9.17, 15) is 14.7 Å². The van der Waals surface area contributed by atoms with Gasteiger partial charge in [-0.2, -0.15) is 0 Å². The minimum atomic E-state index is -0.800. The van der Waals surface area contributed by atoms with Gasteiger partial charge >= 0.3 is 6.03 Å². The van der Waals surface area contributed by atoms with Crippen LogP contribution in [0.15, 0.2) is 29.8 Å². The highest BCUT2D eigenvalue weighted by Gasteiger charge is 2.41. The molecule has 2 aromatic rings. The number of piperazine rings is 1. The summed E-state index contributed by atoms with van der Waals surface area (Å²) < 4.78 is 0. The smallest absolute Gasteiger partial charge is 0.321 e. The molecule has 0 spiro atoms. The summed E-state index contributed by atoms with van der Waals surface area (Å²) in [7, 11) is 0. The Hall–Kier alpha value is -1.91. The molecule has 1 aromatic carbocycles. The zero-order valence-electron chi connectivity index (χ0n) is 20.0. The highest BCUT2D eigenvalue weighted by molar-refractivity contribution is 7.09. The van der Waals surface area contributed by atoms with E-state index in [1.165, 1.54) is 11.3 Å². The largest absolute Gasteiger partial charge is 0.383 e. The third-order valence-electron chi connectivity index (χ3n) is 7.75. The van der Waals surface area contributed by atoms with Crippen LogP contribution in [-0.2, 0) is 10.4 Å². The summed E-state index contributed by atoms with van der Waals surface area (Å²) in [5, 5.41) is 17.4. The van der Waals surface area contributed by atoms with Gasteiger partial charge in [-0.25, -0.2) is 9.78 Å². The van der Waals surface area contributed by atoms with Crippen molar-refractivity contribution in [1.29, 1.82) is 0 Å². The lowest BCUT2D eigenvalue weighted by Crippen LogP contribution is -2.53. The third kappa shape index (κ3) is 5.50. The highest BCUT2D eigenvalue weighted by atomic mass is 35.5. The van der Waals surface area contributed by atoms with Gasteiger partial charge in [0.05, 0.1) is 16.0 Å². The number of nitrogens with one attached hydrogen (secondary N) is 1. The van der Waals surface area contributed by atoms with Crippen LogP contribution >= 0.6 is 34.5 Å². The molecule has 1 aliphatic carbocycles. The van der Waals surface area contributed by atoms with Crippen molar-refractivity contribution in [3.63, 3.8) is 0 Å². The number of anilines is 1. The van der Waals surface area contributed by atoms with Crippen LogP contribution < -0.4 is 5.32 Å². The van der Waals surface area contributed by atoms with E-state index in [4.69, 9.17) is 23.2 Å². The number of aromatic nitrogens is 1. The van der Waals surface area contributed by atoms with Crippen LogP contribution in [0.25, 0.3) is 0 Å². The van der Waals surface area contributed by atoms with Crippen LogP contribution in [0.2, 0.25) is 10.0 Å². The molecule has 1 aromatic heterocycles. The molecule has 8 nitrogen and oxygen atoms in total. The van der Waals surface area contributed by atoms with E-state index in [1.807, 2.05) is 10.3 Å². The lowest BCUT2D eigenvalue weighted by atomic mass is 9.82. The number of amides is 3. The maximum atomic E-state index is 13.2. The number of halogens is 2. The molecule has 3 heterocycles. The van der Waals surface area contributed by atoms with Gasteiger partial charge < -0.3 is 20.2 Å². The molecular formula is C25H31Cl2N5O3S. The van der Waals surface area contributed by atoms with Gasteiger partial charge in [-0.3, -0.25) is 9.69 Å². The van der Waals surface area contributed by atoms with Crippen molar-refractivity contribution in [2.24, 2.45) is 5.92 Å². The second kappa shape index (κ2) is 10.8. The average molecular weight is 553 g/mol. The van der Waals surface area contributed by atoms with E-state index >= 15 is 0 Å². The van der Waals surface area contributed by atoms with Gasteiger partial charge in [0.15, 0.2) is 0 Å². The summed E-state index contributed by atoms with van der Waals surface area (Å²) in [5.74, 6) is 0.193. The average Bonchev–Trinajstić information content (AvgIpc) is 3.60. The molecule has 3 amide bonds. The molecule has 1 atom stereocenters. The van der Waals surface area contributed by atoms with E-state index < -0.39 is 5.60 Å². The summed E-state index contributed by atoms with van der Waals surface area (Å²) in [6, 6.07) is 5.19. The number of carbonyl (C=O) groups excluding carboxylic acids is 2. The van der Waals surface area contributed by atoms with E-state index in [1.54, 1.807) is 29.3 Å². The summed E-state index contributed by atoms with van der Waals surface area (Å²) in [4.78, 5) is 36.3. The van der Waals surface area contributed by atoms with Gasteiger partial charge in [-0.15, -0.1) is 11.3 Å². The second-order valence-corrected chi connectivity index (χ2v) is 11.7. The summed E-state index contributed by atoms with van der Waals surface area (Å²) in [5.41, 5.74) is -0.211. The Morgan fingerprint density at radius 1 is 1.03 bits per heavy atom. The first-order chi connectivity index (χ1) is 17.3. The molecule has 0 bridgehead atoms. The number of likely N-dealkylation sites (tertiary alicyclic amines) is 1. The van der Waals surface area contributed by atoms with E-state index in [2.05, 4.69) is 15.2 Å². The zero-order valence-corrected chi connectivity index (χ0v) is 22.4. The number of thiazole rings is 1. The minimum absolute atomic E-state index is 0.00126. The predicted molar refractivity (Wildman–Crippen MR) is 142 cm³/mol. The molecule has 194 valence electrons. The number of carbonyl (C=O) groups is 2. The number of aliphatic hydroxyl groups is 1. The van der Waals surface area contributed by atoms with Crippen LogP contribution in [0.1, 0.15) is 37.1 Å². The highest BCUT2D eigenvalue weighted by Crippen LogP contribution is 2.40. The Bertz CT molecular complexity index is 1090. The maximum absolute atomic E-state index is 13.2. The molecule has 1 unspecified atom stereocenters. The fourth-order valence-electron chi connectivity index (χ4n) is 5.60. The van der Waals surface area contributed by atoms with Crippen molar-refractivity contribution >= 4 is 52.2 Å². The number of hydrogen-bond donors (Lipinski definition) is 2. The molecule has 2 N–H and O–H groups in total. The Morgan fingerprint density at radius 2 is 1.75 bits per heavy atom. The summed E-state index contributed by atoms with van der Waals surface area (Å²) in [6.07, 6.45) is 5.89. The zero-order chi connectivity index (χ0) is 25.3. The van der Waals surface area contributed by atoms with Gasteiger partial charge in [-0.05, 0) is 56.8 Å². The quantitative estimate of drug-likeness (QED) is 0.592. The monoisotopic (exact) mass is 551 g/mol. The van der Waals surface area contributed by atoms with Crippen molar-refractivity contribution in [3.05, 3.63) is 44.8 Å². The third-order valence-corrected chi connectivity index (χ3v) is 9.45. The van der Waals surface area contributed by atoms with Crippen molar-refractivity contribution in [2.45, 2.75) is 43.7 Å². The van der Waals surface area contributed by atoms with Crippen LogP contribution in [0.4, 0.5) is 10.5 Å². The molecule has 2 saturated heterocycles. The topological polar surface area (TPSA) is 89.0 Å². The predicted octanol–water partition coefficient (Wildman–Crippen LogP) is 4.28. The molecule has 3 aliphatic rings. The van der Waals surface area contributed by atoms with Gasteiger partial charge in [0.1, 0.15) is 10.6 Å². The Morgan fingerprint density at radius 3 is 2.42 bits per heavy atom. The number of hydrogen-bond acceptors (Lipinski definition) is 6. The molecule has 3 fully saturated rings. The number of benzene rings is 1. The van der Waals surface area contributed by atoms with Gasteiger partial charge in [0.25, 0.3) is 0 Å². The van der Waals surface area contributed by atoms with Crippen molar-refractivity contribution in [2.75, 3.05) is 44.6 Å². The lowest BCUT2D eigenvalue weighted by molar-refractivity contribution is -0.136. The normalized spacial score (nSPS) is 27.3.